The van der Waals surface area contributed by atoms with E-state index < -0.39 is 0 Å². The minimum atomic E-state index is 0.481. The van der Waals surface area contributed by atoms with Gasteiger partial charge in [-0.2, -0.15) is 0 Å². The molecule has 1 N–H and O–H groups in total. The summed E-state index contributed by atoms with van der Waals surface area (Å²) in [7, 11) is 0. The van der Waals surface area contributed by atoms with Crippen molar-refractivity contribution < 1.29 is 4.74 Å². The first kappa shape index (κ1) is 11.7. The highest BCUT2D eigenvalue weighted by Crippen LogP contribution is 2.20. The zero-order valence-electron chi connectivity index (χ0n) is 9.29. The number of nitrogens with one attached hydrogen (secondary N) is 1. The van der Waals surface area contributed by atoms with Crippen molar-refractivity contribution in [2.45, 2.75) is 31.8 Å². The van der Waals surface area contributed by atoms with Gasteiger partial charge in [0.05, 0.1) is 12.7 Å². The summed E-state index contributed by atoms with van der Waals surface area (Å²) in [6, 6.07) is 5.55. The van der Waals surface area contributed by atoms with E-state index in [-0.39, 0.29) is 0 Å². The lowest BCUT2D eigenvalue weighted by molar-refractivity contribution is 0.0658. The second kappa shape index (κ2) is 6.06. The van der Waals surface area contributed by atoms with Gasteiger partial charge in [-0.25, -0.2) is 4.98 Å². The summed E-state index contributed by atoms with van der Waals surface area (Å²) in [4.78, 5) is 4.14. The molecule has 1 fully saturated rings. The minimum absolute atomic E-state index is 0.481. The first-order chi connectivity index (χ1) is 7.84. The zero-order chi connectivity index (χ0) is 11.2. The lowest BCUT2D eigenvalue weighted by atomic mass is 10.3. The molecule has 2 rings (SSSR count). The van der Waals surface area contributed by atoms with Gasteiger partial charge in [-0.15, -0.1) is 0 Å². The van der Waals surface area contributed by atoms with Gasteiger partial charge in [0, 0.05) is 6.54 Å². The Bertz CT molecular complexity index is 327. The molecule has 1 saturated carbocycles. The van der Waals surface area contributed by atoms with E-state index in [0.717, 1.165) is 19.0 Å². The number of pyridine rings is 1. The Morgan fingerprint density at radius 2 is 2.19 bits per heavy atom. The van der Waals surface area contributed by atoms with E-state index in [1.165, 1.54) is 25.7 Å². The highest BCUT2D eigenvalue weighted by Gasteiger charge is 2.14. The smallest absolute Gasteiger partial charge is 0.131 e. The molecule has 1 aliphatic carbocycles. The van der Waals surface area contributed by atoms with Crippen molar-refractivity contribution in [2.24, 2.45) is 0 Å². The maximum absolute atomic E-state index is 5.78. The Labute approximate surface area is 101 Å². The molecule has 0 saturated heterocycles. The Hall–Kier alpha value is -0.800. The first-order valence-corrected chi connectivity index (χ1v) is 6.20. The van der Waals surface area contributed by atoms with E-state index in [1.807, 2.05) is 12.1 Å². The summed E-state index contributed by atoms with van der Waals surface area (Å²) >= 11 is 5.78. The van der Waals surface area contributed by atoms with E-state index >= 15 is 0 Å². The molecule has 1 aromatic rings. The van der Waals surface area contributed by atoms with Crippen LogP contribution in [0.15, 0.2) is 18.2 Å². The van der Waals surface area contributed by atoms with Gasteiger partial charge < -0.3 is 10.1 Å². The number of nitrogens with zero attached hydrogens (tertiary/aromatic N) is 1. The van der Waals surface area contributed by atoms with Crippen LogP contribution in [0.5, 0.6) is 0 Å². The number of hydrogen-bond acceptors (Lipinski definition) is 3. The summed E-state index contributed by atoms with van der Waals surface area (Å²) in [6.07, 6.45) is 5.54. The number of rotatable bonds is 5. The molecular formula is C12H17ClN2O. The summed E-state index contributed by atoms with van der Waals surface area (Å²) in [5.41, 5.74) is 0. The molecule has 88 valence electrons. The fourth-order valence-corrected chi connectivity index (χ4v) is 2.13. The highest BCUT2D eigenvalue weighted by molar-refractivity contribution is 6.29. The predicted molar refractivity (Wildman–Crippen MR) is 65.9 cm³/mol. The molecule has 0 aromatic carbocycles. The molecule has 0 unspecified atom stereocenters. The molecule has 3 nitrogen and oxygen atoms in total. The highest BCUT2D eigenvalue weighted by atomic mass is 35.5. The van der Waals surface area contributed by atoms with Crippen molar-refractivity contribution in [1.82, 2.24) is 4.98 Å². The molecule has 0 aliphatic heterocycles. The third kappa shape index (κ3) is 3.65. The van der Waals surface area contributed by atoms with Crippen LogP contribution in [-0.4, -0.2) is 24.2 Å². The molecule has 0 atom stereocenters. The van der Waals surface area contributed by atoms with Crippen molar-refractivity contribution >= 4 is 17.4 Å². The predicted octanol–water partition coefficient (Wildman–Crippen LogP) is 3.11. The Kier molecular flexibility index (Phi) is 4.43. The number of halogens is 1. The zero-order valence-corrected chi connectivity index (χ0v) is 10.0. The average molecular weight is 241 g/mol. The molecule has 1 aromatic heterocycles. The van der Waals surface area contributed by atoms with Crippen LogP contribution < -0.4 is 5.32 Å². The van der Waals surface area contributed by atoms with Crippen LogP contribution in [0.3, 0.4) is 0 Å². The number of ether oxygens (including phenoxy) is 1. The molecule has 16 heavy (non-hydrogen) atoms. The van der Waals surface area contributed by atoms with Gasteiger partial charge in [0.15, 0.2) is 0 Å². The van der Waals surface area contributed by atoms with E-state index in [4.69, 9.17) is 16.3 Å². The van der Waals surface area contributed by atoms with Crippen LogP contribution in [0, 0.1) is 0 Å². The second-order valence-corrected chi connectivity index (χ2v) is 4.44. The molecule has 0 spiro atoms. The van der Waals surface area contributed by atoms with Crippen LogP contribution in [-0.2, 0) is 4.74 Å². The SMILES string of the molecule is Clc1cccc(NCCOC2CCCC2)n1. The quantitative estimate of drug-likeness (QED) is 0.634. The molecule has 0 radical (unpaired) electrons. The van der Waals surface area contributed by atoms with Gasteiger partial charge in [-0.3, -0.25) is 0 Å². The molecule has 0 bridgehead atoms. The van der Waals surface area contributed by atoms with E-state index in [2.05, 4.69) is 10.3 Å². The Morgan fingerprint density at radius 1 is 1.38 bits per heavy atom. The van der Waals surface area contributed by atoms with Crippen LogP contribution in [0.2, 0.25) is 5.15 Å². The molecule has 4 heteroatoms. The lowest BCUT2D eigenvalue weighted by Crippen LogP contribution is -2.15. The maximum atomic E-state index is 5.78. The lowest BCUT2D eigenvalue weighted by Gasteiger charge is -2.11. The van der Waals surface area contributed by atoms with Gasteiger partial charge in [0.25, 0.3) is 0 Å². The summed E-state index contributed by atoms with van der Waals surface area (Å²) in [5, 5.41) is 3.70. The van der Waals surface area contributed by atoms with Crippen molar-refractivity contribution in [2.75, 3.05) is 18.5 Å². The fraction of sp³-hybridized carbons (Fsp3) is 0.583. The normalized spacial score (nSPS) is 16.6. The summed E-state index contributed by atoms with van der Waals surface area (Å²) in [5.74, 6) is 0.808. The average Bonchev–Trinajstić information content (AvgIpc) is 2.77. The topological polar surface area (TPSA) is 34.1 Å². The first-order valence-electron chi connectivity index (χ1n) is 5.82. The van der Waals surface area contributed by atoms with Crippen LogP contribution >= 0.6 is 11.6 Å². The van der Waals surface area contributed by atoms with Crippen molar-refractivity contribution in [3.63, 3.8) is 0 Å². The van der Waals surface area contributed by atoms with Crippen LogP contribution in [0.1, 0.15) is 25.7 Å². The van der Waals surface area contributed by atoms with E-state index in [0.29, 0.717) is 11.3 Å². The number of aromatic nitrogens is 1. The van der Waals surface area contributed by atoms with Crippen molar-refractivity contribution in [3.8, 4) is 0 Å². The van der Waals surface area contributed by atoms with Crippen LogP contribution in [0.25, 0.3) is 0 Å². The van der Waals surface area contributed by atoms with Gasteiger partial charge in [-0.05, 0) is 25.0 Å². The molecular weight excluding hydrogens is 224 g/mol. The summed E-state index contributed by atoms with van der Waals surface area (Å²) in [6.45, 7) is 1.52. The van der Waals surface area contributed by atoms with E-state index in [1.54, 1.807) is 6.07 Å². The minimum Gasteiger partial charge on any atom is -0.376 e. The van der Waals surface area contributed by atoms with Crippen molar-refractivity contribution in [1.29, 1.82) is 0 Å². The molecule has 1 heterocycles. The third-order valence-corrected chi connectivity index (χ3v) is 2.99. The number of anilines is 1. The summed E-state index contributed by atoms with van der Waals surface area (Å²) < 4.78 is 5.73. The largest absolute Gasteiger partial charge is 0.376 e. The Morgan fingerprint density at radius 3 is 2.94 bits per heavy atom. The molecule has 1 aliphatic rings. The van der Waals surface area contributed by atoms with Crippen LogP contribution in [0.4, 0.5) is 5.82 Å². The molecule has 0 amide bonds. The Balaban J connectivity index is 1.64. The van der Waals surface area contributed by atoms with Gasteiger partial charge in [0.2, 0.25) is 0 Å². The second-order valence-electron chi connectivity index (χ2n) is 4.05. The fourth-order valence-electron chi connectivity index (χ4n) is 1.97. The maximum Gasteiger partial charge on any atom is 0.131 e. The van der Waals surface area contributed by atoms with Gasteiger partial charge in [0.1, 0.15) is 11.0 Å². The standard InChI is InChI=1S/C12H17ClN2O/c13-11-6-3-7-12(15-11)14-8-9-16-10-4-1-2-5-10/h3,6-7,10H,1-2,4-5,8-9H2,(H,14,15). The third-order valence-electron chi connectivity index (χ3n) is 2.78. The van der Waals surface area contributed by atoms with Crippen molar-refractivity contribution in [3.05, 3.63) is 23.4 Å². The number of hydrogen-bond donors (Lipinski definition) is 1. The monoisotopic (exact) mass is 240 g/mol. The van der Waals surface area contributed by atoms with Gasteiger partial charge >= 0.3 is 0 Å². The van der Waals surface area contributed by atoms with E-state index in [9.17, 15) is 0 Å². The van der Waals surface area contributed by atoms with Gasteiger partial charge in [-0.1, -0.05) is 30.5 Å².